The van der Waals surface area contributed by atoms with E-state index in [0.717, 1.165) is 35.3 Å². The van der Waals surface area contributed by atoms with E-state index < -0.39 is 17.7 Å². The van der Waals surface area contributed by atoms with Crippen LogP contribution in [0.5, 0.6) is 5.75 Å². The fourth-order valence-corrected chi connectivity index (χ4v) is 3.74. The van der Waals surface area contributed by atoms with Crippen LogP contribution in [0.15, 0.2) is 48.0 Å². The molecular weight excluding hydrogens is 378 g/mol. The minimum atomic E-state index is -0.638. The van der Waals surface area contributed by atoms with Crippen molar-refractivity contribution in [2.45, 2.75) is 46.6 Å². The summed E-state index contributed by atoms with van der Waals surface area (Å²) in [4.78, 5) is 27.4. The van der Waals surface area contributed by atoms with Gasteiger partial charge in [0.1, 0.15) is 11.5 Å². The van der Waals surface area contributed by atoms with Crippen molar-refractivity contribution in [2.75, 3.05) is 13.2 Å². The van der Waals surface area contributed by atoms with Crippen molar-refractivity contribution in [3.8, 4) is 5.75 Å². The Hall–Kier alpha value is -3.08. The molecule has 0 radical (unpaired) electrons. The molecular formula is C25H29NO4. The van der Waals surface area contributed by atoms with Crippen LogP contribution in [0, 0.1) is 13.8 Å². The standard InChI is InChI=1S/C25H29NO4/c1-5-7-14-26-22(18-10-12-20(13-11-18)30-6-2)21(24(28)25(26)29)23(27)19-9-8-16(3)17(4)15-19/h8-13,15,22,27H,5-7,14H2,1-4H3/b23-21-. The molecule has 0 saturated carbocycles. The highest BCUT2D eigenvalue weighted by molar-refractivity contribution is 6.46. The molecule has 5 heteroatoms. The number of carbonyl (C=O) groups is 2. The Morgan fingerprint density at radius 2 is 1.73 bits per heavy atom. The topological polar surface area (TPSA) is 66.8 Å². The van der Waals surface area contributed by atoms with Crippen LogP contribution in [-0.2, 0) is 9.59 Å². The van der Waals surface area contributed by atoms with E-state index in [1.807, 2.05) is 64.1 Å². The Morgan fingerprint density at radius 3 is 2.33 bits per heavy atom. The number of amides is 1. The minimum Gasteiger partial charge on any atom is -0.507 e. The maximum Gasteiger partial charge on any atom is 0.295 e. The second kappa shape index (κ2) is 9.16. The van der Waals surface area contributed by atoms with Gasteiger partial charge in [-0.2, -0.15) is 0 Å². The molecule has 1 aliphatic rings. The molecule has 0 bridgehead atoms. The van der Waals surface area contributed by atoms with Crippen LogP contribution in [-0.4, -0.2) is 34.8 Å². The number of carbonyl (C=O) groups excluding carboxylic acids is 2. The summed E-state index contributed by atoms with van der Waals surface area (Å²) >= 11 is 0. The van der Waals surface area contributed by atoms with E-state index >= 15 is 0 Å². The van der Waals surface area contributed by atoms with Crippen molar-refractivity contribution < 1.29 is 19.4 Å². The Labute approximate surface area is 178 Å². The number of likely N-dealkylation sites (tertiary alicyclic amines) is 1. The van der Waals surface area contributed by atoms with E-state index in [-0.39, 0.29) is 11.3 Å². The van der Waals surface area contributed by atoms with Crippen molar-refractivity contribution in [3.05, 3.63) is 70.3 Å². The van der Waals surface area contributed by atoms with Gasteiger partial charge in [0.2, 0.25) is 0 Å². The van der Waals surface area contributed by atoms with Crippen molar-refractivity contribution >= 4 is 17.4 Å². The lowest BCUT2D eigenvalue weighted by atomic mass is 9.94. The molecule has 1 amide bonds. The SMILES string of the molecule is CCCCN1C(=O)C(=O)/C(=C(\O)c2ccc(C)c(C)c2)C1c1ccc(OCC)cc1. The summed E-state index contributed by atoms with van der Waals surface area (Å²) in [6.45, 7) is 8.91. The first-order chi connectivity index (χ1) is 14.4. The molecule has 5 nitrogen and oxygen atoms in total. The van der Waals surface area contributed by atoms with Crippen LogP contribution < -0.4 is 4.74 Å². The lowest BCUT2D eigenvalue weighted by Crippen LogP contribution is -2.30. The molecule has 1 saturated heterocycles. The van der Waals surface area contributed by atoms with Crippen molar-refractivity contribution in [1.82, 2.24) is 4.90 Å². The molecule has 1 unspecified atom stereocenters. The number of Topliss-reactive ketones (excluding diaryl/α,β-unsaturated/α-hetero) is 1. The van der Waals surface area contributed by atoms with Crippen LogP contribution in [0.4, 0.5) is 0 Å². The number of benzene rings is 2. The molecule has 0 aliphatic carbocycles. The molecule has 3 rings (SSSR count). The number of unbranched alkanes of at least 4 members (excludes halogenated alkanes) is 1. The van der Waals surface area contributed by atoms with Crippen LogP contribution in [0.3, 0.4) is 0 Å². The van der Waals surface area contributed by atoms with Gasteiger partial charge in [0.15, 0.2) is 0 Å². The van der Waals surface area contributed by atoms with Crippen LogP contribution in [0.25, 0.3) is 5.76 Å². The summed E-state index contributed by atoms with van der Waals surface area (Å²) in [6.07, 6.45) is 1.68. The molecule has 1 atom stereocenters. The van der Waals surface area contributed by atoms with E-state index in [2.05, 4.69) is 0 Å². The second-order valence-corrected chi connectivity index (χ2v) is 7.65. The van der Waals surface area contributed by atoms with Crippen LogP contribution in [0.1, 0.15) is 55.0 Å². The summed E-state index contributed by atoms with van der Waals surface area (Å²) in [5.41, 5.74) is 3.57. The van der Waals surface area contributed by atoms with Crippen LogP contribution >= 0.6 is 0 Å². The lowest BCUT2D eigenvalue weighted by molar-refractivity contribution is -0.139. The molecule has 158 valence electrons. The number of hydrogen-bond donors (Lipinski definition) is 1. The summed E-state index contributed by atoms with van der Waals surface area (Å²) in [7, 11) is 0. The summed E-state index contributed by atoms with van der Waals surface area (Å²) in [5, 5.41) is 11.1. The molecule has 0 aromatic heterocycles. The monoisotopic (exact) mass is 407 g/mol. The largest absolute Gasteiger partial charge is 0.507 e. The lowest BCUT2D eigenvalue weighted by Gasteiger charge is -2.25. The van der Waals surface area contributed by atoms with E-state index in [9.17, 15) is 14.7 Å². The van der Waals surface area contributed by atoms with Gasteiger partial charge in [-0.1, -0.05) is 37.6 Å². The number of ether oxygens (including phenoxy) is 1. The van der Waals surface area contributed by atoms with Crippen molar-refractivity contribution in [2.24, 2.45) is 0 Å². The average Bonchev–Trinajstić information content (AvgIpc) is 2.99. The Kier molecular flexibility index (Phi) is 6.60. The zero-order valence-corrected chi connectivity index (χ0v) is 18.1. The first kappa shape index (κ1) is 21.6. The van der Waals surface area contributed by atoms with Crippen molar-refractivity contribution in [3.63, 3.8) is 0 Å². The maximum atomic E-state index is 13.0. The average molecular weight is 408 g/mol. The summed E-state index contributed by atoms with van der Waals surface area (Å²) in [6, 6.07) is 12.3. The maximum absolute atomic E-state index is 13.0. The third-order valence-corrected chi connectivity index (χ3v) is 5.58. The fraction of sp³-hybridized carbons (Fsp3) is 0.360. The molecule has 1 fully saturated rings. The number of aliphatic hydroxyl groups excluding tert-OH is 1. The Bertz CT molecular complexity index is 975. The molecule has 1 heterocycles. The summed E-state index contributed by atoms with van der Waals surface area (Å²) < 4.78 is 5.52. The quantitative estimate of drug-likeness (QED) is 0.402. The van der Waals surface area contributed by atoms with Crippen LogP contribution in [0.2, 0.25) is 0 Å². The molecule has 1 aliphatic heterocycles. The molecule has 1 N–H and O–H groups in total. The minimum absolute atomic E-state index is 0.130. The van der Waals surface area contributed by atoms with Crippen molar-refractivity contribution in [1.29, 1.82) is 0 Å². The van der Waals surface area contributed by atoms with Gasteiger partial charge in [-0.05, 0) is 62.1 Å². The Balaban J connectivity index is 2.13. The highest BCUT2D eigenvalue weighted by Crippen LogP contribution is 2.40. The Morgan fingerprint density at radius 1 is 1.03 bits per heavy atom. The van der Waals surface area contributed by atoms with Gasteiger partial charge in [0.25, 0.3) is 11.7 Å². The highest BCUT2D eigenvalue weighted by atomic mass is 16.5. The van der Waals surface area contributed by atoms with E-state index in [1.165, 1.54) is 0 Å². The second-order valence-electron chi connectivity index (χ2n) is 7.65. The molecule has 2 aromatic rings. The highest BCUT2D eigenvalue weighted by Gasteiger charge is 2.45. The smallest absolute Gasteiger partial charge is 0.295 e. The predicted molar refractivity (Wildman–Crippen MR) is 117 cm³/mol. The zero-order chi connectivity index (χ0) is 21.8. The van der Waals surface area contributed by atoms with Gasteiger partial charge in [-0.3, -0.25) is 9.59 Å². The van der Waals surface area contributed by atoms with E-state index in [0.29, 0.717) is 18.7 Å². The van der Waals surface area contributed by atoms with Gasteiger partial charge < -0.3 is 14.7 Å². The van der Waals surface area contributed by atoms with Gasteiger partial charge in [0, 0.05) is 12.1 Å². The number of aryl methyl sites for hydroxylation is 2. The molecule has 30 heavy (non-hydrogen) atoms. The number of aliphatic hydroxyl groups is 1. The van der Waals surface area contributed by atoms with E-state index in [4.69, 9.17) is 4.74 Å². The zero-order valence-electron chi connectivity index (χ0n) is 18.1. The van der Waals surface area contributed by atoms with Gasteiger partial charge in [-0.15, -0.1) is 0 Å². The predicted octanol–water partition coefficient (Wildman–Crippen LogP) is 4.92. The molecule has 0 spiro atoms. The number of rotatable bonds is 7. The van der Waals surface area contributed by atoms with Gasteiger partial charge in [0.05, 0.1) is 18.2 Å². The summed E-state index contributed by atoms with van der Waals surface area (Å²) in [5.74, 6) is -0.608. The third kappa shape index (κ3) is 4.11. The first-order valence-corrected chi connectivity index (χ1v) is 10.5. The fourth-order valence-electron chi connectivity index (χ4n) is 3.74. The number of nitrogens with zero attached hydrogens (tertiary/aromatic N) is 1. The normalized spacial score (nSPS) is 18.1. The molecule has 2 aromatic carbocycles. The number of ketones is 1. The number of hydrogen-bond acceptors (Lipinski definition) is 4. The first-order valence-electron chi connectivity index (χ1n) is 10.5. The third-order valence-electron chi connectivity index (χ3n) is 5.58. The van der Waals surface area contributed by atoms with Gasteiger partial charge in [-0.25, -0.2) is 0 Å². The van der Waals surface area contributed by atoms with E-state index in [1.54, 1.807) is 11.0 Å². The van der Waals surface area contributed by atoms with Gasteiger partial charge >= 0.3 is 0 Å².